The van der Waals surface area contributed by atoms with E-state index in [1.54, 1.807) is 6.07 Å². The lowest BCUT2D eigenvalue weighted by Gasteiger charge is -2.38. The van der Waals surface area contributed by atoms with Gasteiger partial charge < -0.3 is 14.2 Å². The Morgan fingerprint density at radius 2 is 1.54 bits per heavy atom. The summed E-state index contributed by atoms with van der Waals surface area (Å²) >= 11 is 0. The SMILES string of the molecule is Cc1cc2oc(=O)cc(CN3CCN(C(=O)N4CCCCC4)CC3)c2cc1C. The van der Waals surface area contributed by atoms with Crippen molar-refractivity contribution in [1.82, 2.24) is 14.7 Å². The molecule has 0 saturated carbocycles. The van der Waals surface area contributed by atoms with Crippen LogP contribution in [0.25, 0.3) is 11.0 Å². The number of carbonyl (C=O) groups is 1. The highest BCUT2D eigenvalue weighted by Crippen LogP contribution is 2.23. The molecule has 28 heavy (non-hydrogen) atoms. The van der Waals surface area contributed by atoms with Gasteiger partial charge in [-0.2, -0.15) is 0 Å². The van der Waals surface area contributed by atoms with Crippen molar-refractivity contribution >= 4 is 17.0 Å². The Morgan fingerprint density at radius 1 is 0.893 bits per heavy atom. The van der Waals surface area contributed by atoms with Crippen molar-refractivity contribution in [3.63, 3.8) is 0 Å². The standard InChI is InChI=1S/C22H29N3O3/c1-16-12-19-18(14-21(26)28-20(19)13-17(16)2)15-23-8-10-25(11-9-23)22(27)24-6-4-3-5-7-24/h12-14H,3-11,15H2,1-2H3. The molecule has 2 saturated heterocycles. The largest absolute Gasteiger partial charge is 0.423 e. The highest BCUT2D eigenvalue weighted by molar-refractivity contribution is 5.81. The fourth-order valence-electron chi connectivity index (χ4n) is 4.24. The molecule has 0 bridgehead atoms. The molecule has 4 rings (SSSR count). The minimum atomic E-state index is -0.301. The summed E-state index contributed by atoms with van der Waals surface area (Å²) in [5.41, 5.74) is 3.68. The van der Waals surface area contributed by atoms with E-state index in [9.17, 15) is 9.59 Å². The molecule has 3 heterocycles. The average molecular weight is 383 g/mol. The second-order valence-corrected chi connectivity index (χ2v) is 8.12. The third-order valence-electron chi connectivity index (χ3n) is 6.11. The Morgan fingerprint density at radius 3 is 2.25 bits per heavy atom. The van der Waals surface area contributed by atoms with Crippen LogP contribution < -0.4 is 5.63 Å². The van der Waals surface area contributed by atoms with E-state index >= 15 is 0 Å². The second kappa shape index (κ2) is 7.95. The van der Waals surface area contributed by atoms with Crippen molar-refractivity contribution in [2.75, 3.05) is 39.3 Å². The van der Waals surface area contributed by atoms with E-state index in [4.69, 9.17) is 4.42 Å². The minimum absolute atomic E-state index is 0.191. The predicted molar refractivity (Wildman–Crippen MR) is 110 cm³/mol. The molecular formula is C22H29N3O3. The van der Waals surface area contributed by atoms with Gasteiger partial charge in [0, 0.05) is 57.3 Å². The number of amides is 2. The van der Waals surface area contributed by atoms with Gasteiger partial charge in [0.05, 0.1) is 0 Å². The first-order chi connectivity index (χ1) is 13.5. The summed E-state index contributed by atoms with van der Waals surface area (Å²) in [6, 6.07) is 5.86. The van der Waals surface area contributed by atoms with Crippen molar-refractivity contribution < 1.29 is 9.21 Å². The molecule has 2 amide bonds. The summed E-state index contributed by atoms with van der Waals surface area (Å²) < 4.78 is 5.41. The van der Waals surface area contributed by atoms with Crippen molar-refractivity contribution in [3.8, 4) is 0 Å². The maximum Gasteiger partial charge on any atom is 0.336 e. The van der Waals surface area contributed by atoms with E-state index < -0.39 is 0 Å². The van der Waals surface area contributed by atoms with Crippen LogP contribution in [-0.4, -0.2) is 60.0 Å². The summed E-state index contributed by atoms with van der Waals surface area (Å²) in [4.78, 5) is 31.0. The number of hydrogen-bond donors (Lipinski definition) is 0. The molecule has 2 fully saturated rings. The maximum atomic E-state index is 12.7. The van der Waals surface area contributed by atoms with Gasteiger partial charge in [0.1, 0.15) is 5.58 Å². The maximum absolute atomic E-state index is 12.7. The summed E-state index contributed by atoms with van der Waals surface area (Å²) in [5, 5.41) is 1.01. The van der Waals surface area contributed by atoms with E-state index in [1.807, 2.05) is 22.8 Å². The zero-order valence-corrected chi connectivity index (χ0v) is 16.9. The van der Waals surface area contributed by atoms with Crippen LogP contribution in [0.1, 0.15) is 36.0 Å². The van der Waals surface area contributed by atoms with Crippen molar-refractivity contribution in [2.24, 2.45) is 0 Å². The third-order valence-corrected chi connectivity index (χ3v) is 6.11. The molecule has 0 unspecified atom stereocenters. The van der Waals surface area contributed by atoms with E-state index in [2.05, 4.69) is 17.9 Å². The molecular weight excluding hydrogens is 354 g/mol. The Bertz CT molecular complexity index is 923. The highest BCUT2D eigenvalue weighted by atomic mass is 16.4. The number of nitrogens with zero attached hydrogens (tertiary/aromatic N) is 3. The van der Waals surface area contributed by atoms with Gasteiger partial charge in [-0.1, -0.05) is 0 Å². The van der Waals surface area contributed by atoms with Gasteiger partial charge in [0.25, 0.3) is 0 Å². The normalized spacial score (nSPS) is 18.6. The van der Waals surface area contributed by atoms with Crippen LogP contribution in [0.5, 0.6) is 0 Å². The van der Waals surface area contributed by atoms with Gasteiger partial charge in [0.15, 0.2) is 0 Å². The summed E-state index contributed by atoms with van der Waals surface area (Å²) in [6.07, 6.45) is 3.47. The van der Waals surface area contributed by atoms with E-state index in [0.717, 1.165) is 68.6 Å². The zero-order valence-electron chi connectivity index (χ0n) is 16.9. The Labute approximate surface area is 165 Å². The molecule has 1 aromatic carbocycles. The van der Waals surface area contributed by atoms with Crippen molar-refractivity contribution in [3.05, 3.63) is 45.3 Å². The van der Waals surface area contributed by atoms with Crippen LogP contribution in [0.15, 0.2) is 27.4 Å². The fraction of sp³-hybridized carbons (Fsp3) is 0.545. The molecule has 150 valence electrons. The van der Waals surface area contributed by atoms with Crippen LogP contribution >= 0.6 is 0 Å². The summed E-state index contributed by atoms with van der Waals surface area (Å²) in [7, 11) is 0. The van der Waals surface area contributed by atoms with E-state index in [1.165, 1.54) is 12.0 Å². The number of carbonyl (C=O) groups excluding carboxylic acids is 1. The van der Waals surface area contributed by atoms with E-state index in [-0.39, 0.29) is 11.7 Å². The van der Waals surface area contributed by atoms with Crippen LogP contribution in [0.2, 0.25) is 0 Å². The Kier molecular flexibility index (Phi) is 5.40. The number of aryl methyl sites for hydroxylation is 2. The molecule has 2 aliphatic rings. The van der Waals surface area contributed by atoms with Gasteiger partial charge in [-0.05, 0) is 61.9 Å². The highest BCUT2D eigenvalue weighted by Gasteiger charge is 2.26. The number of likely N-dealkylation sites (tertiary alicyclic amines) is 1. The van der Waals surface area contributed by atoms with Crippen LogP contribution in [-0.2, 0) is 6.54 Å². The zero-order chi connectivity index (χ0) is 19.7. The minimum Gasteiger partial charge on any atom is -0.423 e. The lowest BCUT2D eigenvalue weighted by atomic mass is 10.0. The van der Waals surface area contributed by atoms with E-state index in [0.29, 0.717) is 12.1 Å². The molecule has 0 aliphatic carbocycles. The first kappa shape index (κ1) is 19.0. The molecule has 2 aliphatic heterocycles. The molecule has 6 nitrogen and oxygen atoms in total. The first-order valence-corrected chi connectivity index (χ1v) is 10.3. The molecule has 2 aromatic rings. The summed E-state index contributed by atoms with van der Waals surface area (Å²) in [5.74, 6) is 0. The number of urea groups is 1. The van der Waals surface area contributed by atoms with Gasteiger partial charge in [-0.15, -0.1) is 0 Å². The topological polar surface area (TPSA) is 57.0 Å². The predicted octanol–water partition coefficient (Wildman–Crippen LogP) is 3.13. The lowest BCUT2D eigenvalue weighted by molar-refractivity contribution is 0.105. The number of benzene rings is 1. The van der Waals surface area contributed by atoms with Gasteiger partial charge >= 0.3 is 11.7 Å². The van der Waals surface area contributed by atoms with Gasteiger partial charge in [0.2, 0.25) is 0 Å². The molecule has 0 radical (unpaired) electrons. The number of hydrogen-bond acceptors (Lipinski definition) is 4. The first-order valence-electron chi connectivity index (χ1n) is 10.3. The monoisotopic (exact) mass is 383 g/mol. The molecule has 1 aromatic heterocycles. The molecule has 0 N–H and O–H groups in total. The number of rotatable bonds is 2. The second-order valence-electron chi connectivity index (χ2n) is 8.12. The van der Waals surface area contributed by atoms with Crippen LogP contribution in [0.3, 0.4) is 0 Å². The van der Waals surface area contributed by atoms with Crippen LogP contribution in [0, 0.1) is 13.8 Å². The number of fused-ring (bicyclic) bond motifs is 1. The average Bonchev–Trinajstić information content (AvgIpc) is 2.70. The molecule has 6 heteroatoms. The number of piperidine rings is 1. The quantitative estimate of drug-likeness (QED) is 0.748. The molecule has 0 atom stereocenters. The summed E-state index contributed by atoms with van der Waals surface area (Å²) in [6.45, 7) is 9.73. The third kappa shape index (κ3) is 3.92. The smallest absolute Gasteiger partial charge is 0.336 e. The van der Waals surface area contributed by atoms with Crippen molar-refractivity contribution in [1.29, 1.82) is 0 Å². The van der Waals surface area contributed by atoms with Gasteiger partial charge in [-0.25, -0.2) is 9.59 Å². The van der Waals surface area contributed by atoms with Gasteiger partial charge in [-0.3, -0.25) is 4.90 Å². The Hall–Kier alpha value is -2.34. The Balaban J connectivity index is 1.44. The molecule has 0 spiro atoms. The lowest BCUT2D eigenvalue weighted by Crippen LogP contribution is -2.53. The number of piperazine rings is 1. The fourth-order valence-corrected chi connectivity index (χ4v) is 4.24. The van der Waals surface area contributed by atoms with Crippen LogP contribution in [0.4, 0.5) is 4.79 Å². The van der Waals surface area contributed by atoms with Crippen molar-refractivity contribution in [2.45, 2.75) is 39.7 Å².